The zero-order valence-electron chi connectivity index (χ0n) is 22.7. The number of carbonyl (C=O) groups is 1. The number of benzene rings is 2. The summed E-state index contributed by atoms with van der Waals surface area (Å²) in [6.07, 6.45) is 0.600. The van der Waals surface area contributed by atoms with Crippen molar-refractivity contribution in [3.63, 3.8) is 0 Å². The Kier molecular flexibility index (Phi) is 8.57. The Morgan fingerprint density at radius 1 is 1.18 bits per heavy atom. The summed E-state index contributed by atoms with van der Waals surface area (Å²) in [5.74, 6) is 1.44. The third-order valence-electron chi connectivity index (χ3n) is 6.23. The number of para-hydroxylation sites is 1. The summed E-state index contributed by atoms with van der Waals surface area (Å²) in [7, 11) is 3.31. The molecule has 4 aromatic rings. The molecule has 0 saturated carbocycles. The van der Waals surface area contributed by atoms with Gasteiger partial charge in [0.25, 0.3) is 5.56 Å². The van der Waals surface area contributed by atoms with Gasteiger partial charge in [-0.05, 0) is 42.7 Å². The van der Waals surface area contributed by atoms with E-state index in [0.29, 0.717) is 52.4 Å². The molecule has 11 heteroatoms. The van der Waals surface area contributed by atoms with Gasteiger partial charge >= 0.3 is 0 Å². The largest absolute Gasteiger partial charge is 0.493 e. The molecule has 0 aliphatic carbocycles. The number of hydrogen-bond donors (Lipinski definition) is 2. The molecule has 0 atom stereocenters. The van der Waals surface area contributed by atoms with Crippen LogP contribution in [0.5, 0.6) is 5.75 Å². The molecule has 0 radical (unpaired) electrons. The molecule has 10 nitrogen and oxygen atoms in total. The molecule has 0 unspecified atom stereocenters. The molecular formula is C28H33ClN6O4. The average molecular weight is 553 g/mol. The number of anilines is 1. The zero-order chi connectivity index (χ0) is 28.2. The van der Waals surface area contributed by atoms with E-state index in [1.54, 1.807) is 37.0 Å². The van der Waals surface area contributed by atoms with Crippen LogP contribution in [0.4, 0.5) is 5.69 Å². The second-order valence-corrected chi connectivity index (χ2v) is 10.4. The number of nitrogens with zero attached hydrogens (tertiary/aromatic N) is 4. The van der Waals surface area contributed by atoms with Crippen molar-refractivity contribution in [3.8, 4) is 22.8 Å². The molecule has 206 valence electrons. The normalized spacial score (nSPS) is 11.5. The standard InChI is InChI=1S/C28H33ClN6O4/c1-6-39-22-13-12-18(29)14-20(22)26-30-23(32-33-26)15-28(2,3)16-24(36)31-25-21(17-38-5)34(4)35(27(25)37)19-10-8-7-9-11-19/h7-14H,6,15-17H2,1-5H3,(H,31,36)(H,30,32,33). The first kappa shape index (κ1) is 28.1. The molecule has 2 aromatic carbocycles. The molecule has 1 amide bonds. The number of carbonyl (C=O) groups excluding carboxylic acids is 1. The van der Waals surface area contributed by atoms with Crippen LogP contribution < -0.4 is 15.6 Å². The van der Waals surface area contributed by atoms with Crippen molar-refractivity contribution < 1.29 is 14.3 Å². The molecule has 0 saturated heterocycles. The number of H-pyrrole nitrogens is 1. The first-order chi connectivity index (χ1) is 18.6. The van der Waals surface area contributed by atoms with Gasteiger partial charge in [0, 0.05) is 32.0 Å². The van der Waals surface area contributed by atoms with E-state index in [1.807, 2.05) is 51.1 Å². The van der Waals surface area contributed by atoms with Crippen LogP contribution in [-0.4, -0.2) is 44.2 Å². The third-order valence-corrected chi connectivity index (χ3v) is 6.47. The third kappa shape index (κ3) is 6.40. The highest BCUT2D eigenvalue weighted by Crippen LogP contribution is 2.32. The van der Waals surface area contributed by atoms with Crippen molar-refractivity contribution >= 4 is 23.2 Å². The summed E-state index contributed by atoms with van der Waals surface area (Å²) < 4.78 is 14.2. The Bertz CT molecular complexity index is 1510. The summed E-state index contributed by atoms with van der Waals surface area (Å²) in [4.78, 5) is 31.2. The van der Waals surface area contributed by atoms with E-state index < -0.39 is 5.41 Å². The summed E-state index contributed by atoms with van der Waals surface area (Å²) >= 11 is 6.19. The van der Waals surface area contributed by atoms with Crippen molar-refractivity contribution in [1.82, 2.24) is 24.5 Å². The van der Waals surface area contributed by atoms with E-state index in [2.05, 4.69) is 20.5 Å². The summed E-state index contributed by atoms with van der Waals surface area (Å²) in [6.45, 7) is 6.49. The van der Waals surface area contributed by atoms with E-state index in [0.717, 1.165) is 0 Å². The molecule has 0 spiro atoms. The van der Waals surface area contributed by atoms with Gasteiger partial charge in [0.1, 0.15) is 17.3 Å². The number of aromatic amines is 1. The predicted octanol–water partition coefficient (Wildman–Crippen LogP) is 4.76. The van der Waals surface area contributed by atoms with Crippen LogP contribution >= 0.6 is 11.6 Å². The molecule has 2 heterocycles. The van der Waals surface area contributed by atoms with Crippen LogP contribution in [0, 0.1) is 5.41 Å². The van der Waals surface area contributed by atoms with E-state index in [9.17, 15) is 9.59 Å². The second-order valence-electron chi connectivity index (χ2n) is 9.98. The van der Waals surface area contributed by atoms with Crippen molar-refractivity contribution in [3.05, 3.63) is 75.4 Å². The maximum Gasteiger partial charge on any atom is 0.295 e. The number of rotatable bonds is 11. The Balaban J connectivity index is 1.51. The van der Waals surface area contributed by atoms with Crippen molar-refractivity contribution in [2.75, 3.05) is 19.0 Å². The van der Waals surface area contributed by atoms with Crippen molar-refractivity contribution in [2.45, 2.75) is 40.2 Å². The minimum atomic E-state index is -0.493. The van der Waals surface area contributed by atoms with Crippen molar-refractivity contribution in [1.29, 1.82) is 0 Å². The van der Waals surface area contributed by atoms with Gasteiger partial charge in [0.15, 0.2) is 5.82 Å². The lowest BCUT2D eigenvalue weighted by molar-refractivity contribution is -0.118. The maximum atomic E-state index is 13.3. The molecule has 0 bridgehead atoms. The predicted molar refractivity (Wildman–Crippen MR) is 150 cm³/mol. The summed E-state index contributed by atoms with van der Waals surface area (Å²) in [5, 5.41) is 10.7. The van der Waals surface area contributed by atoms with Crippen LogP contribution in [0.15, 0.2) is 53.3 Å². The Labute approximate surface area is 231 Å². The first-order valence-electron chi connectivity index (χ1n) is 12.6. The van der Waals surface area contributed by atoms with Gasteiger partial charge < -0.3 is 14.8 Å². The van der Waals surface area contributed by atoms with Gasteiger partial charge in [-0.1, -0.05) is 43.6 Å². The number of ether oxygens (including phenoxy) is 2. The van der Waals surface area contributed by atoms with Gasteiger partial charge in [0.2, 0.25) is 5.91 Å². The number of aromatic nitrogens is 5. The lowest BCUT2D eigenvalue weighted by atomic mass is 9.85. The van der Waals surface area contributed by atoms with Crippen LogP contribution in [-0.2, 0) is 29.6 Å². The number of halogens is 1. The van der Waals surface area contributed by atoms with E-state index in [4.69, 9.17) is 21.1 Å². The smallest absolute Gasteiger partial charge is 0.295 e. The van der Waals surface area contributed by atoms with E-state index in [1.165, 1.54) is 4.68 Å². The number of methoxy groups -OCH3 is 1. The van der Waals surface area contributed by atoms with Gasteiger partial charge in [-0.2, -0.15) is 5.10 Å². The monoisotopic (exact) mass is 552 g/mol. The van der Waals surface area contributed by atoms with Gasteiger partial charge in [-0.3, -0.25) is 19.4 Å². The minimum absolute atomic E-state index is 0.149. The molecule has 4 rings (SSSR count). The first-order valence-corrected chi connectivity index (χ1v) is 13.0. The van der Waals surface area contributed by atoms with Crippen LogP contribution in [0.25, 0.3) is 17.1 Å². The zero-order valence-corrected chi connectivity index (χ0v) is 23.5. The topological polar surface area (TPSA) is 116 Å². The molecule has 0 aliphatic rings. The molecule has 0 aliphatic heterocycles. The maximum absolute atomic E-state index is 13.3. The highest BCUT2D eigenvalue weighted by atomic mass is 35.5. The Morgan fingerprint density at radius 2 is 1.92 bits per heavy atom. The summed E-state index contributed by atoms with van der Waals surface area (Å²) in [6, 6.07) is 14.6. The van der Waals surface area contributed by atoms with Gasteiger partial charge in [-0.25, -0.2) is 9.67 Å². The Hall–Kier alpha value is -3.89. The molecule has 39 heavy (non-hydrogen) atoms. The van der Waals surface area contributed by atoms with E-state index in [-0.39, 0.29) is 30.2 Å². The van der Waals surface area contributed by atoms with Crippen LogP contribution in [0.2, 0.25) is 5.02 Å². The highest BCUT2D eigenvalue weighted by Gasteiger charge is 2.27. The van der Waals surface area contributed by atoms with Crippen LogP contribution in [0.1, 0.15) is 38.7 Å². The number of amides is 1. The lowest BCUT2D eigenvalue weighted by Gasteiger charge is -2.22. The SMILES string of the molecule is CCOc1ccc(Cl)cc1-c1n[nH]c(CC(C)(C)CC(=O)Nc2c(COC)n(C)n(-c3ccccc3)c2=O)n1. The molecule has 0 fully saturated rings. The Morgan fingerprint density at radius 3 is 2.62 bits per heavy atom. The fourth-order valence-corrected chi connectivity index (χ4v) is 4.69. The summed E-state index contributed by atoms with van der Waals surface area (Å²) in [5.41, 5.74) is 1.34. The van der Waals surface area contributed by atoms with Crippen LogP contribution in [0.3, 0.4) is 0 Å². The molecular weight excluding hydrogens is 520 g/mol. The fourth-order valence-electron chi connectivity index (χ4n) is 4.52. The molecule has 2 N–H and O–H groups in total. The van der Waals surface area contributed by atoms with E-state index >= 15 is 0 Å². The second kappa shape index (κ2) is 11.9. The number of hydrogen-bond acceptors (Lipinski definition) is 6. The molecule has 2 aromatic heterocycles. The highest BCUT2D eigenvalue weighted by molar-refractivity contribution is 6.30. The number of nitrogens with one attached hydrogen (secondary N) is 2. The quantitative estimate of drug-likeness (QED) is 0.277. The van der Waals surface area contributed by atoms with Gasteiger partial charge in [0.05, 0.1) is 30.2 Å². The minimum Gasteiger partial charge on any atom is -0.493 e. The van der Waals surface area contributed by atoms with Gasteiger partial charge in [-0.15, -0.1) is 0 Å². The fraction of sp³-hybridized carbons (Fsp3) is 0.357. The average Bonchev–Trinajstić information content (AvgIpc) is 3.43. The lowest BCUT2D eigenvalue weighted by Crippen LogP contribution is -2.27. The van der Waals surface area contributed by atoms with Crippen molar-refractivity contribution in [2.24, 2.45) is 12.5 Å².